The van der Waals surface area contributed by atoms with E-state index in [9.17, 15) is 9.59 Å². The van der Waals surface area contributed by atoms with Gasteiger partial charge in [0, 0.05) is 12.2 Å². The topological polar surface area (TPSA) is 37.4 Å². The first-order valence-electron chi connectivity index (χ1n) is 8.30. The Bertz CT molecular complexity index is 629. The molecular weight excluding hydrogens is 274 g/mol. The number of hydrogen-bond donors (Lipinski definition) is 0. The molecule has 116 valence electrons. The van der Waals surface area contributed by atoms with Gasteiger partial charge in [0.05, 0.1) is 6.04 Å². The monoisotopic (exact) mass is 297 g/mol. The molecule has 0 saturated heterocycles. The number of imide groups is 1. The largest absolute Gasteiger partial charge is 0.269 e. The van der Waals surface area contributed by atoms with Gasteiger partial charge < -0.3 is 0 Å². The molecule has 0 radical (unpaired) electrons. The van der Waals surface area contributed by atoms with E-state index in [-0.39, 0.29) is 17.9 Å². The zero-order valence-electron chi connectivity index (χ0n) is 13.5. The van der Waals surface area contributed by atoms with E-state index in [1.807, 2.05) is 0 Å². The Labute approximate surface area is 132 Å². The molecule has 1 aliphatic heterocycles. The summed E-state index contributed by atoms with van der Waals surface area (Å²) in [5, 5.41) is 0. The SMILES string of the molecule is CCc1cccc2c1[C@@H](CC)[C@H](CC)[C@@H]2N1C(=O)C=CC1=O. The van der Waals surface area contributed by atoms with E-state index in [2.05, 4.69) is 39.0 Å². The summed E-state index contributed by atoms with van der Waals surface area (Å²) in [7, 11) is 0. The van der Waals surface area contributed by atoms with Crippen molar-refractivity contribution in [3.8, 4) is 0 Å². The Balaban J connectivity index is 2.15. The highest BCUT2D eigenvalue weighted by molar-refractivity contribution is 6.13. The van der Waals surface area contributed by atoms with Crippen LogP contribution >= 0.6 is 0 Å². The summed E-state index contributed by atoms with van der Waals surface area (Å²) in [6.07, 6.45) is 5.80. The third-order valence-electron chi connectivity index (χ3n) is 5.26. The number of nitrogens with zero attached hydrogens (tertiary/aromatic N) is 1. The molecule has 3 atom stereocenters. The van der Waals surface area contributed by atoms with Crippen LogP contribution in [0.25, 0.3) is 0 Å². The predicted octanol–water partition coefficient (Wildman–Crippen LogP) is 3.75. The van der Waals surface area contributed by atoms with Crippen molar-refractivity contribution < 1.29 is 9.59 Å². The van der Waals surface area contributed by atoms with Crippen LogP contribution in [-0.4, -0.2) is 16.7 Å². The third kappa shape index (κ3) is 2.03. The first kappa shape index (κ1) is 15.0. The van der Waals surface area contributed by atoms with Gasteiger partial charge in [-0.25, -0.2) is 0 Å². The van der Waals surface area contributed by atoms with E-state index >= 15 is 0 Å². The number of aryl methyl sites for hydroxylation is 1. The summed E-state index contributed by atoms with van der Waals surface area (Å²) in [4.78, 5) is 25.9. The molecule has 0 bridgehead atoms. The molecule has 2 amide bonds. The number of benzene rings is 1. The van der Waals surface area contributed by atoms with Crippen molar-refractivity contribution in [2.75, 3.05) is 0 Å². The molecule has 3 rings (SSSR count). The van der Waals surface area contributed by atoms with Gasteiger partial charge in [0.1, 0.15) is 0 Å². The van der Waals surface area contributed by atoms with Crippen molar-refractivity contribution in [1.82, 2.24) is 4.90 Å². The van der Waals surface area contributed by atoms with Crippen LogP contribution in [0.5, 0.6) is 0 Å². The first-order valence-corrected chi connectivity index (χ1v) is 8.30. The zero-order chi connectivity index (χ0) is 15.9. The van der Waals surface area contributed by atoms with Gasteiger partial charge in [0.2, 0.25) is 0 Å². The molecule has 1 aromatic rings. The fourth-order valence-electron chi connectivity index (χ4n) is 4.35. The van der Waals surface area contributed by atoms with Gasteiger partial charge in [-0.1, -0.05) is 45.4 Å². The van der Waals surface area contributed by atoms with Crippen LogP contribution in [0.3, 0.4) is 0 Å². The van der Waals surface area contributed by atoms with E-state index in [4.69, 9.17) is 0 Å². The third-order valence-corrected chi connectivity index (χ3v) is 5.26. The van der Waals surface area contributed by atoms with E-state index in [1.165, 1.54) is 33.7 Å². The van der Waals surface area contributed by atoms with Crippen molar-refractivity contribution in [1.29, 1.82) is 0 Å². The minimum atomic E-state index is -0.168. The lowest BCUT2D eigenvalue weighted by Gasteiger charge is -2.30. The molecule has 0 aromatic heterocycles. The normalized spacial score (nSPS) is 26.9. The lowest BCUT2D eigenvalue weighted by molar-refractivity contribution is -0.141. The maximum Gasteiger partial charge on any atom is 0.254 e. The van der Waals surface area contributed by atoms with Crippen LogP contribution in [0, 0.1) is 5.92 Å². The van der Waals surface area contributed by atoms with E-state index < -0.39 is 0 Å². The highest BCUT2D eigenvalue weighted by Crippen LogP contribution is 2.52. The second-order valence-electron chi connectivity index (χ2n) is 6.19. The Hall–Kier alpha value is -1.90. The van der Waals surface area contributed by atoms with Gasteiger partial charge in [-0.3, -0.25) is 14.5 Å². The summed E-state index contributed by atoms with van der Waals surface area (Å²) in [6.45, 7) is 6.54. The van der Waals surface area contributed by atoms with Crippen molar-refractivity contribution in [3.63, 3.8) is 0 Å². The van der Waals surface area contributed by atoms with Crippen LogP contribution in [-0.2, 0) is 16.0 Å². The van der Waals surface area contributed by atoms with Gasteiger partial charge in [-0.15, -0.1) is 0 Å². The molecular formula is C19H23NO2. The quantitative estimate of drug-likeness (QED) is 0.794. The average Bonchev–Trinajstić information content (AvgIpc) is 3.03. The van der Waals surface area contributed by atoms with E-state index in [0.717, 1.165) is 19.3 Å². The van der Waals surface area contributed by atoms with Crippen molar-refractivity contribution >= 4 is 11.8 Å². The lowest BCUT2D eigenvalue weighted by Crippen LogP contribution is -2.37. The maximum absolute atomic E-state index is 12.2. The zero-order valence-corrected chi connectivity index (χ0v) is 13.5. The Morgan fingerprint density at radius 2 is 1.68 bits per heavy atom. The number of hydrogen-bond acceptors (Lipinski definition) is 2. The number of fused-ring (bicyclic) bond motifs is 1. The fourth-order valence-corrected chi connectivity index (χ4v) is 4.35. The van der Waals surface area contributed by atoms with Gasteiger partial charge in [0.25, 0.3) is 11.8 Å². The van der Waals surface area contributed by atoms with Gasteiger partial charge in [-0.05, 0) is 41.4 Å². The molecule has 0 saturated carbocycles. The number of carbonyl (C=O) groups is 2. The number of carbonyl (C=O) groups excluding carboxylic acids is 2. The summed E-state index contributed by atoms with van der Waals surface area (Å²) in [6, 6.07) is 6.25. The molecule has 0 unspecified atom stereocenters. The standard InChI is InChI=1S/C19H23NO2/c1-4-12-8-7-9-15-18(12)13(5-2)14(6-3)19(15)20-16(21)10-11-17(20)22/h7-11,13-14,19H,4-6H2,1-3H3/t13-,14-,19-/m0/s1. The number of rotatable bonds is 4. The van der Waals surface area contributed by atoms with Crippen molar-refractivity contribution in [2.45, 2.75) is 52.0 Å². The summed E-state index contributed by atoms with van der Waals surface area (Å²) < 4.78 is 0. The second kappa shape index (κ2) is 5.71. The Morgan fingerprint density at radius 1 is 1.00 bits per heavy atom. The molecule has 3 heteroatoms. The van der Waals surface area contributed by atoms with E-state index in [0.29, 0.717) is 11.8 Å². The highest BCUT2D eigenvalue weighted by atomic mass is 16.2. The Kier molecular flexibility index (Phi) is 3.90. The summed E-state index contributed by atoms with van der Waals surface area (Å²) in [5.41, 5.74) is 3.93. The minimum Gasteiger partial charge on any atom is -0.269 e. The Morgan fingerprint density at radius 3 is 2.23 bits per heavy atom. The van der Waals surface area contributed by atoms with Crippen LogP contribution in [0.1, 0.15) is 62.3 Å². The molecule has 1 aromatic carbocycles. The molecule has 0 fully saturated rings. The van der Waals surface area contributed by atoms with Crippen LogP contribution in [0.4, 0.5) is 0 Å². The predicted molar refractivity (Wildman–Crippen MR) is 86.4 cm³/mol. The molecule has 1 heterocycles. The molecule has 3 nitrogen and oxygen atoms in total. The minimum absolute atomic E-state index is 0.105. The average molecular weight is 297 g/mol. The molecule has 0 spiro atoms. The number of amides is 2. The molecule has 0 N–H and O–H groups in total. The van der Waals surface area contributed by atoms with Gasteiger partial charge >= 0.3 is 0 Å². The summed E-state index contributed by atoms with van der Waals surface area (Å²) in [5.74, 6) is 0.416. The maximum atomic E-state index is 12.2. The van der Waals surface area contributed by atoms with Gasteiger partial charge in [-0.2, -0.15) is 0 Å². The van der Waals surface area contributed by atoms with Crippen molar-refractivity contribution in [3.05, 3.63) is 47.0 Å². The van der Waals surface area contributed by atoms with Crippen molar-refractivity contribution in [2.24, 2.45) is 5.92 Å². The van der Waals surface area contributed by atoms with Gasteiger partial charge in [0.15, 0.2) is 0 Å². The highest BCUT2D eigenvalue weighted by Gasteiger charge is 2.46. The fraction of sp³-hybridized carbons (Fsp3) is 0.474. The molecule has 1 aliphatic carbocycles. The first-order chi connectivity index (χ1) is 10.6. The van der Waals surface area contributed by atoms with Crippen LogP contribution in [0.2, 0.25) is 0 Å². The molecule has 2 aliphatic rings. The van der Waals surface area contributed by atoms with Crippen LogP contribution in [0.15, 0.2) is 30.4 Å². The van der Waals surface area contributed by atoms with E-state index in [1.54, 1.807) is 0 Å². The van der Waals surface area contributed by atoms with Crippen LogP contribution < -0.4 is 0 Å². The molecule has 22 heavy (non-hydrogen) atoms. The smallest absolute Gasteiger partial charge is 0.254 e. The summed E-state index contributed by atoms with van der Waals surface area (Å²) >= 11 is 0. The lowest BCUT2D eigenvalue weighted by atomic mass is 9.84. The second-order valence-corrected chi connectivity index (χ2v) is 6.19.